The molecule has 3 fully saturated rings. The Morgan fingerprint density at radius 3 is 2.43 bits per heavy atom. The fraction of sp³-hybridized carbons (Fsp3) is 0.944. The largest absolute Gasteiger partial charge is 0.383 e. The molecule has 2 heterocycles. The van der Waals surface area contributed by atoms with Gasteiger partial charge in [-0.2, -0.15) is 0 Å². The molecular weight excluding hydrogens is 290 g/mol. The number of amides is 1. The SMILES string of the molecule is COCCN1CCN(CC(=O)N2CCC[C@H]3CCCC[C@@H]32)CC1. The summed E-state index contributed by atoms with van der Waals surface area (Å²) in [6, 6.07) is 0.549. The molecule has 3 rings (SSSR count). The molecule has 2 saturated heterocycles. The van der Waals surface area contributed by atoms with E-state index in [1.807, 2.05) is 0 Å². The summed E-state index contributed by atoms with van der Waals surface area (Å²) in [7, 11) is 1.76. The minimum atomic E-state index is 0.381. The number of ether oxygens (including phenoxy) is 1. The van der Waals surface area contributed by atoms with E-state index in [4.69, 9.17) is 4.74 Å². The van der Waals surface area contributed by atoms with E-state index in [0.717, 1.165) is 51.8 Å². The summed E-state index contributed by atoms with van der Waals surface area (Å²) >= 11 is 0. The molecule has 0 radical (unpaired) electrons. The van der Waals surface area contributed by atoms with Crippen LogP contribution in [0.4, 0.5) is 0 Å². The standard InChI is InChI=1S/C18H33N3O2/c1-23-14-13-19-9-11-20(12-10-19)15-18(22)21-8-4-6-16-5-2-3-7-17(16)21/h16-17H,2-15H2,1H3/t16-,17+/m1/s1. The highest BCUT2D eigenvalue weighted by molar-refractivity contribution is 5.78. The number of piperazine rings is 1. The quantitative estimate of drug-likeness (QED) is 0.767. The maximum absolute atomic E-state index is 12.8. The molecule has 5 nitrogen and oxygen atoms in total. The van der Waals surface area contributed by atoms with Crippen LogP contribution in [0.3, 0.4) is 0 Å². The van der Waals surface area contributed by atoms with Crippen molar-refractivity contribution in [2.45, 2.75) is 44.6 Å². The second-order valence-corrected chi connectivity index (χ2v) is 7.45. The van der Waals surface area contributed by atoms with E-state index in [1.54, 1.807) is 7.11 Å². The van der Waals surface area contributed by atoms with Crippen molar-refractivity contribution in [1.82, 2.24) is 14.7 Å². The van der Waals surface area contributed by atoms with Crippen LogP contribution in [0, 0.1) is 5.92 Å². The van der Waals surface area contributed by atoms with Gasteiger partial charge in [0.15, 0.2) is 0 Å². The van der Waals surface area contributed by atoms with E-state index in [9.17, 15) is 4.79 Å². The lowest BCUT2D eigenvalue weighted by atomic mass is 9.78. The summed E-state index contributed by atoms with van der Waals surface area (Å²) in [6.45, 7) is 7.57. The Bertz CT molecular complexity index is 380. The first kappa shape index (κ1) is 17.2. The minimum Gasteiger partial charge on any atom is -0.383 e. The average molecular weight is 323 g/mol. The molecule has 0 N–H and O–H groups in total. The molecule has 0 aromatic rings. The predicted octanol–water partition coefficient (Wildman–Crippen LogP) is 1.43. The highest BCUT2D eigenvalue weighted by Gasteiger charge is 2.36. The lowest BCUT2D eigenvalue weighted by Crippen LogP contribution is -2.55. The maximum atomic E-state index is 12.8. The molecule has 3 aliphatic rings. The fourth-order valence-electron chi connectivity index (χ4n) is 4.61. The number of rotatable bonds is 5. The van der Waals surface area contributed by atoms with Crippen molar-refractivity contribution in [3.05, 3.63) is 0 Å². The van der Waals surface area contributed by atoms with Gasteiger partial charge in [-0.3, -0.25) is 14.6 Å². The molecule has 2 atom stereocenters. The molecule has 0 unspecified atom stereocenters. The van der Waals surface area contributed by atoms with Gasteiger partial charge in [-0.25, -0.2) is 0 Å². The summed E-state index contributed by atoms with van der Waals surface area (Å²) in [4.78, 5) is 19.8. The smallest absolute Gasteiger partial charge is 0.237 e. The third-order valence-corrected chi connectivity index (χ3v) is 6.00. The average Bonchev–Trinajstić information content (AvgIpc) is 2.60. The predicted molar refractivity (Wildman–Crippen MR) is 91.4 cm³/mol. The maximum Gasteiger partial charge on any atom is 0.237 e. The van der Waals surface area contributed by atoms with E-state index in [2.05, 4.69) is 14.7 Å². The normalized spacial score (nSPS) is 30.2. The van der Waals surface area contributed by atoms with Crippen LogP contribution in [-0.2, 0) is 9.53 Å². The minimum absolute atomic E-state index is 0.381. The van der Waals surface area contributed by atoms with E-state index in [0.29, 0.717) is 18.5 Å². The molecule has 2 aliphatic heterocycles. The number of hydrogen-bond donors (Lipinski definition) is 0. The van der Waals surface area contributed by atoms with Crippen LogP contribution in [0.2, 0.25) is 0 Å². The summed E-state index contributed by atoms with van der Waals surface area (Å²) in [5.74, 6) is 1.17. The number of fused-ring (bicyclic) bond motifs is 1. The molecule has 0 aromatic heterocycles. The van der Waals surface area contributed by atoms with Crippen molar-refractivity contribution in [2.24, 2.45) is 5.92 Å². The molecule has 1 saturated carbocycles. The second kappa shape index (κ2) is 8.45. The van der Waals surface area contributed by atoms with Crippen molar-refractivity contribution >= 4 is 5.91 Å². The van der Waals surface area contributed by atoms with Crippen molar-refractivity contribution in [2.75, 3.05) is 59.5 Å². The summed E-state index contributed by atoms with van der Waals surface area (Å²) in [5, 5.41) is 0. The monoisotopic (exact) mass is 323 g/mol. The third-order valence-electron chi connectivity index (χ3n) is 6.00. The van der Waals surface area contributed by atoms with Crippen LogP contribution in [0.15, 0.2) is 0 Å². The molecule has 0 bridgehead atoms. The van der Waals surface area contributed by atoms with Crippen molar-refractivity contribution < 1.29 is 9.53 Å². The van der Waals surface area contributed by atoms with E-state index in [-0.39, 0.29) is 0 Å². The van der Waals surface area contributed by atoms with Crippen LogP contribution in [0.5, 0.6) is 0 Å². The lowest BCUT2D eigenvalue weighted by molar-refractivity contribution is -0.139. The van der Waals surface area contributed by atoms with E-state index in [1.165, 1.54) is 38.5 Å². The number of hydrogen-bond acceptors (Lipinski definition) is 4. The fourth-order valence-corrected chi connectivity index (χ4v) is 4.61. The molecule has 23 heavy (non-hydrogen) atoms. The summed E-state index contributed by atoms with van der Waals surface area (Å²) in [5.41, 5.74) is 0. The first-order valence-corrected chi connectivity index (χ1v) is 9.51. The van der Waals surface area contributed by atoms with Crippen LogP contribution in [0.1, 0.15) is 38.5 Å². The number of likely N-dealkylation sites (tertiary alicyclic amines) is 1. The zero-order chi connectivity index (χ0) is 16.1. The van der Waals surface area contributed by atoms with Gasteiger partial charge in [0.25, 0.3) is 0 Å². The molecule has 1 amide bonds. The van der Waals surface area contributed by atoms with Crippen LogP contribution in [-0.4, -0.2) is 86.2 Å². The topological polar surface area (TPSA) is 36.0 Å². The summed E-state index contributed by atoms with van der Waals surface area (Å²) < 4.78 is 5.15. The Hall–Kier alpha value is -0.650. The number of carbonyl (C=O) groups excluding carboxylic acids is 1. The Balaban J connectivity index is 1.45. The molecule has 1 aliphatic carbocycles. The molecule has 132 valence electrons. The Kier molecular flexibility index (Phi) is 6.31. The van der Waals surface area contributed by atoms with Crippen LogP contribution in [0.25, 0.3) is 0 Å². The van der Waals surface area contributed by atoms with Crippen LogP contribution < -0.4 is 0 Å². The van der Waals surface area contributed by atoms with Gasteiger partial charge in [-0.15, -0.1) is 0 Å². The highest BCUT2D eigenvalue weighted by atomic mass is 16.5. The van der Waals surface area contributed by atoms with Gasteiger partial charge in [-0.05, 0) is 31.6 Å². The lowest BCUT2D eigenvalue weighted by Gasteiger charge is -2.45. The highest BCUT2D eigenvalue weighted by Crippen LogP contribution is 2.35. The van der Waals surface area contributed by atoms with Crippen molar-refractivity contribution in [3.8, 4) is 0 Å². The van der Waals surface area contributed by atoms with Gasteiger partial charge in [0, 0.05) is 52.4 Å². The van der Waals surface area contributed by atoms with Crippen LogP contribution >= 0.6 is 0 Å². The van der Waals surface area contributed by atoms with Crippen molar-refractivity contribution in [3.63, 3.8) is 0 Å². The summed E-state index contributed by atoms with van der Waals surface area (Å²) in [6.07, 6.45) is 7.80. The Morgan fingerprint density at radius 1 is 0.957 bits per heavy atom. The zero-order valence-electron chi connectivity index (χ0n) is 14.7. The third kappa shape index (κ3) is 4.46. The number of piperidine rings is 1. The van der Waals surface area contributed by atoms with Gasteiger partial charge in [0.2, 0.25) is 5.91 Å². The van der Waals surface area contributed by atoms with Gasteiger partial charge in [0.05, 0.1) is 13.2 Å². The zero-order valence-corrected chi connectivity index (χ0v) is 14.7. The molecular formula is C18H33N3O2. The van der Waals surface area contributed by atoms with Gasteiger partial charge in [-0.1, -0.05) is 12.8 Å². The first-order chi connectivity index (χ1) is 11.3. The first-order valence-electron chi connectivity index (χ1n) is 9.51. The van der Waals surface area contributed by atoms with E-state index >= 15 is 0 Å². The van der Waals surface area contributed by atoms with Gasteiger partial charge < -0.3 is 9.64 Å². The Morgan fingerprint density at radius 2 is 1.65 bits per heavy atom. The number of carbonyl (C=O) groups is 1. The van der Waals surface area contributed by atoms with E-state index < -0.39 is 0 Å². The van der Waals surface area contributed by atoms with Gasteiger partial charge in [0.1, 0.15) is 0 Å². The second-order valence-electron chi connectivity index (χ2n) is 7.45. The van der Waals surface area contributed by atoms with Crippen molar-refractivity contribution in [1.29, 1.82) is 0 Å². The molecule has 5 heteroatoms. The molecule has 0 aromatic carbocycles. The Labute approximate surface area is 140 Å². The number of nitrogens with zero attached hydrogens (tertiary/aromatic N) is 3. The number of methoxy groups -OCH3 is 1. The molecule has 0 spiro atoms. The van der Waals surface area contributed by atoms with Gasteiger partial charge >= 0.3 is 0 Å².